The molecule has 0 aliphatic carbocycles. The van der Waals surface area contributed by atoms with E-state index in [1.807, 2.05) is 30.3 Å². The summed E-state index contributed by atoms with van der Waals surface area (Å²) in [5.41, 5.74) is 4.47. The Balaban J connectivity index is 2.20. The molecule has 3 rings (SSSR count). The van der Waals surface area contributed by atoms with Crippen molar-refractivity contribution in [3.63, 3.8) is 0 Å². The number of sulfone groups is 1. The van der Waals surface area contributed by atoms with Crippen molar-refractivity contribution < 1.29 is 13.6 Å². The lowest BCUT2D eigenvalue weighted by Gasteiger charge is -2.18. The molecule has 1 aliphatic rings. The Morgan fingerprint density at radius 2 is 1.86 bits per heavy atom. The molecule has 0 aromatic heterocycles. The zero-order valence-corrected chi connectivity index (χ0v) is 12.3. The average Bonchev–Trinajstić information content (AvgIpc) is 2.64. The third kappa shape index (κ3) is 2.66. The van der Waals surface area contributed by atoms with Gasteiger partial charge in [-0.1, -0.05) is 30.3 Å². The summed E-state index contributed by atoms with van der Waals surface area (Å²) in [7, 11) is -3.25. The predicted octanol–water partition coefficient (Wildman–Crippen LogP) is 3.19. The molecule has 1 aliphatic heterocycles. The van der Waals surface area contributed by atoms with E-state index in [4.69, 9.17) is 5.21 Å². The molecule has 0 fully saturated rings. The molecule has 1 heterocycles. The number of nitrogens with one attached hydrogen (secondary N) is 1. The van der Waals surface area contributed by atoms with Crippen molar-refractivity contribution in [1.29, 1.82) is 0 Å². The van der Waals surface area contributed by atoms with Crippen LogP contribution in [-0.2, 0) is 9.84 Å². The number of anilines is 1. The quantitative estimate of drug-likeness (QED) is 0.836. The number of rotatable bonds is 2. The Morgan fingerprint density at radius 1 is 1.10 bits per heavy atom. The number of benzene rings is 2. The number of hydrogen-bond donors (Lipinski definition) is 2. The highest BCUT2D eigenvalue weighted by molar-refractivity contribution is 7.91. The van der Waals surface area contributed by atoms with E-state index in [2.05, 4.69) is 5.48 Å². The van der Waals surface area contributed by atoms with Gasteiger partial charge in [0, 0.05) is 5.92 Å². The van der Waals surface area contributed by atoms with Crippen LogP contribution in [0.4, 0.5) is 5.69 Å². The molecule has 2 aromatic carbocycles. The van der Waals surface area contributed by atoms with Crippen LogP contribution in [0.25, 0.3) is 0 Å². The van der Waals surface area contributed by atoms with Gasteiger partial charge < -0.3 is 0 Å². The second-order valence-corrected chi connectivity index (χ2v) is 7.37. The average molecular weight is 303 g/mol. The Morgan fingerprint density at radius 3 is 2.57 bits per heavy atom. The minimum atomic E-state index is -3.25. The maximum Gasteiger partial charge on any atom is 0.178 e. The van der Waals surface area contributed by atoms with Gasteiger partial charge in [-0.2, -0.15) is 0 Å². The fourth-order valence-corrected chi connectivity index (χ4v) is 4.55. The Labute approximate surface area is 124 Å². The molecule has 5 heteroatoms. The third-order valence-corrected chi connectivity index (χ3v) is 5.83. The first-order valence-electron chi connectivity index (χ1n) is 6.93. The number of fused-ring (bicyclic) bond motifs is 1. The summed E-state index contributed by atoms with van der Waals surface area (Å²) in [6.45, 7) is 0. The van der Waals surface area contributed by atoms with E-state index >= 15 is 0 Å². The summed E-state index contributed by atoms with van der Waals surface area (Å²) >= 11 is 0. The summed E-state index contributed by atoms with van der Waals surface area (Å²) < 4.78 is 24.8. The molecule has 1 unspecified atom stereocenters. The van der Waals surface area contributed by atoms with E-state index in [9.17, 15) is 8.42 Å². The molecule has 0 saturated carbocycles. The molecule has 0 amide bonds. The van der Waals surface area contributed by atoms with Gasteiger partial charge in [0.15, 0.2) is 9.84 Å². The highest BCUT2D eigenvalue weighted by Crippen LogP contribution is 2.38. The molecule has 0 radical (unpaired) electrons. The van der Waals surface area contributed by atoms with E-state index in [1.54, 1.807) is 18.2 Å². The van der Waals surface area contributed by atoms with Gasteiger partial charge in [-0.15, -0.1) is 0 Å². The first kappa shape index (κ1) is 14.1. The Bertz CT molecular complexity index is 741. The normalized spacial score (nSPS) is 20.3. The molecule has 0 spiro atoms. The fourth-order valence-electron chi connectivity index (χ4n) is 2.95. The molecular weight excluding hydrogens is 286 g/mol. The zero-order chi connectivity index (χ0) is 14.9. The lowest BCUT2D eigenvalue weighted by atomic mass is 9.87. The van der Waals surface area contributed by atoms with Crippen LogP contribution in [-0.4, -0.2) is 19.4 Å². The van der Waals surface area contributed by atoms with Crippen LogP contribution in [0.1, 0.15) is 29.9 Å². The minimum Gasteiger partial charge on any atom is -0.291 e. The predicted molar refractivity (Wildman–Crippen MR) is 81.4 cm³/mol. The first-order chi connectivity index (χ1) is 10.1. The van der Waals surface area contributed by atoms with Crippen LogP contribution in [0.3, 0.4) is 0 Å². The standard InChI is InChI=1S/C16H17NO3S/c18-17-13-8-9-16-15(11-13)14(7-4-10-21(16,19)20)12-5-2-1-3-6-12/h1-3,5-6,8-9,11,14,17-18H,4,7,10H2. The van der Waals surface area contributed by atoms with Crippen LogP contribution < -0.4 is 5.48 Å². The lowest BCUT2D eigenvalue weighted by Crippen LogP contribution is -2.08. The van der Waals surface area contributed by atoms with E-state index in [0.29, 0.717) is 17.0 Å². The van der Waals surface area contributed by atoms with Crippen LogP contribution in [0, 0.1) is 0 Å². The van der Waals surface area contributed by atoms with Gasteiger partial charge in [-0.3, -0.25) is 10.7 Å². The molecule has 21 heavy (non-hydrogen) atoms. The van der Waals surface area contributed by atoms with Gasteiger partial charge in [0.25, 0.3) is 0 Å². The summed E-state index contributed by atoms with van der Waals surface area (Å²) in [5.74, 6) is 0.210. The van der Waals surface area contributed by atoms with Crippen LogP contribution >= 0.6 is 0 Å². The SMILES string of the molecule is O=S1(=O)CCCC(c2ccccc2)c2cc(NO)ccc21. The van der Waals surface area contributed by atoms with Crippen LogP contribution in [0.5, 0.6) is 0 Å². The van der Waals surface area contributed by atoms with Crippen molar-refractivity contribution in [3.8, 4) is 0 Å². The van der Waals surface area contributed by atoms with E-state index in [-0.39, 0.29) is 11.7 Å². The van der Waals surface area contributed by atoms with Gasteiger partial charge >= 0.3 is 0 Å². The highest BCUT2D eigenvalue weighted by Gasteiger charge is 2.28. The topological polar surface area (TPSA) is 66.4 Å². The monoisotopic (exact) mass is 303 g/mol. The zero-order valence-electron chi connectivity index (χ0n) is 11.5. The van der Waals surface area contributed by atoms with Gasteiger partial charge in [-0.05, 0) is 42.2 Å². The van der Waals surface area contributed by atoms with Crippen molar-refractivity contribution in [2.75, 3.05) is 11.2 Å². The molecule has 0 bridgehead atoms. The molecule has 1 atom stereocenters. The first-order valence-corrected chi connectivity index (χ1v) is 8.59. The fraction of sp³-hybridized carbons (Fsp3) is 0.250. The largest absolute Gasteiger partial charge is 0.291 e. The van der Waals surface area contributed by atoms with Gasteiger partial charge in [-0.25, -0.2) is 8.42 Å². The second-order valence-electron chi connectivity index (χ2n) is 5.29. The van der Waals surface area contributed by atoms with Crippen molar-refractivity contribution >= 4 is 15.5 Å². The number of hydrogen-bond acceptors (Lipinski definition) is 4. The summed E-state index contributed by atoms with van der Waals surface area (Å²) in [5, 5.41) is 9.10. The van der Waals surface area contributed by atoms with Crippen LogP contribution in [0.15, 0.2) is 53.4 Å². The Hall–Kier alpha value is -1.85. The smallest absolute Gasteiger partial charge is 0.178 e. The van der Waals surface area contributed by atoms with Gasteiger partial charge in [0.2, 0.25) is 0 Å². The Kier molecular flexibility index (Phi) is 3.69. The molecule has 4 nitrogen and oxygen atoms in total. The molecule has 0 saturated heterocycles. The van der Waals surface area contributed by atoms with E-state index < -0.39 is 9.84 Å². The van der Waals surface area contributed by atoms with Crippen molar-refractivity contribution in [1.82, 2.24) is 0 Å². The van der Waals surface area contributed by atoms with Crippen molar-refractivity contribution in [2.45, 2.75) is 23.7 Å². The summed E-state index contributed by atoms with van der Waals surface area (Å²) in [6.07, 6.45) is 1.42. The lowest BCUT2D eigenvalue weighted by molar-refractivity contribution is 0.388. The third-order valence-electron chi connectivity index (χ3n) is 3.96. The van der Waals surface area contributed by atoms with E-state index in [0.717, 1.165) is 17.5 Å². The molecule has 110 valence electrons. The maximum atomic E-state index is 12.4. The molecule has 2 N–H and O–H groups in total. The van der Waals surface area contributed by atoms with Gasteiger partial charge in [0.1, 0.15) is 0 Å². The van der Waals surface area contributed by atoms with E-state index in [1.165, 1.54) is 0 Å². The highest BCUT2D eigenvalue weighted by atomic mass is 32.2. The molecular formula is C16H17NO3S. The summed E-state index contributed by atoms with van der Waals surface area (Å²) in [6, 6.07) is 14.8. The van der Waals surface area contributed by atoms with Crippen molar-refractivity contribution in [3.05, 3.63) is 59.7 Å². The van der Waals surface area contributed by atoms with Crippen LogP contribution in [0.2, 0.25) is 0 Å². The second kappa shape index (κ2) is 5.50. The van der Waals surface area contributed by atoms with Crippen molar-refractivity contribution in [2.24, 2.45) is 0 Å². The maximum absolute atomic E-state index is 12.4. The molecule has 2 aromatic rings. The van der Waals surface area contributed by atoms with Gasteiger partial charge in [0.05, 0.1) is 16.3 Å². The summed E-state index contributed by atoms with van der Waals surface area (Å²) in [4.78, 5) is 0.382. The minimum absolute atomic E-state index is 0.0341.